The summed E-state index contributed by atoms with van der Waals surface area (Å²) in [5.74, 6) is -4.97. The molecule has 1 fully saturated rings. The van der Waals surface area contributed by atoms with Crippen LogP contribution in [0.3, 0.4) is 0 Å². The van der Waals surface area contributed by atoms with Gasteiger partial charge in [-0.2, -0.15) is 0 Å². The molecule has 2 heterocycles. The predicted octanol–water partition coefficient (Wildman–Crippen LogP) is 2.36. The highest BCUT2D eigenvalue weighted by Crippen LogP contribution is 2.37. The zero-order valence-electron chi connectivity index (χ0n) is 25.0. The minimum atomic E-state index is -2.01. The lowest BCUT2D eigenvalue weighted by Gasteiger charge is -2.40. The number of Topliss-reactive ketones (excluding diaryl/α,β-unsaturated/α-hetero) is 1. The van der Waals surface area contributed by atoms with Crippen molar-refractivity contribution in [2.45, 2.75) is 70.0 Å². The van der Waals surface area contributed by atoms with Gasteiger partial charge >= 0.3 is 13.1 Å². The first kappa shape index (κ1) is 33.4. The van der Waals surface area contributed by atoms with E-state index in [4.69, 9.17) is 9.31 Å². The summed E-state index contributed by atoms with van der Waals surface area (Å²) in [6.07, 6.45) is -2.67. The van der Waals surface area contributed by atoms with E-state index in [0.717, 1.165) is 10.5 Å². The zero-order valence-corrected chi connectivity index (χ0v) is 25.0. The number of carbonyl (C=O) groups excluding carboxylic acids is 4. The van der Waals surface area contributed by atoms with E-state index in [0.29, 0.717) is 12.1 Å². The second-order valence-corrected chi connectivity index (χ2v) is 11.4. The van der Waals surface area contributed by atoms with Crippen LogP contribution in [0.2, 0.25) is 5.82 Å². The van der Waals surface area contributed by atoms with Gasteiger partial charge in [-0.3, -0.25) is 24.0 Å². The van der Waals surface area contributed by atoms with Gasteiger partial charge in [0.25, 0.3) is 17.8 Å². The minimum Gasteiger partial charge on any atom is -0.509 e. The standard InChI is InChI=1S/C30H38BN3O9/c1-18(2)14-21(31-42-26(39)17-30(43-31,16-25(37)38)29(41)34(4)5)15-24(36)27(19(3)35)33-28(40)23-13-9-12-22(32-23)20-10-7-6-8-11-20/h6-13,18-19,21,27,35H,14-17H2,1-5H3,(H,33,40)(H,37,38)/t19-,21-,27+,30+/m1/s1. The molecule has 0 bridgehead atoms. The molecule has 1 aromatic carbocycles. The minimum absolute atomic E-state index is 0.0232. The fraction of sp³-hybridized carbons (Fsp3) is 0.467. The van der Waals surface area contributed by atoms with Gasteiger partial charge in [-0.15, -0.1) is 0 Å². The number of aliphatic hydroxyl groups excluding tert-OH is 1. The molecular formula is C30H38BN3O9. The number of likely N-dealkylation sites (N-methyl/N-ethyl adjacent to an activating group) is 1. The number of pyridine rings is 1. The molecule has 0 radical (unpaired) electrons. The smallest absolute Gasteiger partial charge is 0.509 e. The quantitative estimate of drug-likeness (QED) is 0.292. The van der Waals surface area contributed by atoms with Crippen molar-refractivity contribution in [1.82, 2.24) is 15.2 Å². The summed E-state index contributed by atoms with van der Waals surface area (Å²) >= 11 is 0. The Hall–Kier alpha value is -4.10. The summed E-state index contributed by atoms with van der Waals surface area (Å²) in [7, 11) is 1.42. The maximum Gasteiger partial charge on any atom is 0.531 e. The largest absolute Gasteiger partial charge is 0.531 e. The zero-order chi connectivity index (χ0) is 31.9. The van der Waals surface area contributed by atoms with Gasteiger partial charge in [0, 0.05) is 31.9 Å². The second-order valence-electron chi connectivity index (χ2n) is 11.4. The number of amides is 2. The normalized spacial score (nSPS) is 18.8. The summed E-state index contributed by atoms with van der Waals surface area (Å²) in [6.45, 7) is 5.10. The highest BCUT2D eigenvalue weighted by atomic mass is 16.6. The number of ketones is 1. The number of aliphatic carboxylic acids is 1. The molecule has 1 aliphatic rings. The highest BCUT2D eigenvalue weighted by Gasteiger charge is 2.55. The van der Waals surface area contributed by atoms with Crippen LogP contribution in [0.5, 0.6) is 0 Å². The highest BCUT2D eigenvalue weighted by molar-refractivity contribution is 6.50. The molecule has 1 aromatic heterocycles. The number of nitrogens with one attached hydrogen (secondary N) is 1. The van der Waals surface area contributed by atoms with Gasteiger partial charge in [-0.05, 0) is 31.4 Å². The summed E-state index contributed by atoms with van der Waals surface area (Å²) in [5.41, 5.74) is -0.617. The van der Waals surface area contributed by atoms with Crippen LogP contribution in [-0.4, -0.2) is 88.6 Å². The van der Waals surface area contributed by atoms with Crippen molar-refractivity contribution in [3.8, 4) is 11.3 Å². The first-order valence-electron chi connectivity index (χ1n) is 14.1. The Morgan fingerprint density at radius 1 is 1.07 bits per heavy atom. The number of aromatic nitrogens is 1. The van der Waals surface area contributed by atoms with Crippen molar-refractivity contribution in [3.63, 3.8) is 0 Å². The first-order chi connectivity index (χ1) is 20.2. The Bertz CT molecular complexity index is 1330. The number of carbonyl (C=O) groups is 5. The van der Waals surface area contributed by atoms with Crippen LogP contribution in [0.1, 0.15) is 56.9 Å². The molecule has 2 amide bonds. The van der Waals surface area contributed by atoms with Gasteiger partial charge in [0.05, 0.1) is 24.6 Å². The molecule has 43 heavy (non-hydrogen) atoms. The van der Waals surface area contributed by atoms with Crippen LogP contribution in [-0.2, 0) is 28.5 Å². The molecule has 0 saturated carbocycles. The molecule has 0 spiro atoms. The van der Waals surface area contributed by atoms with Gasteiger partial charge in [0.2, 0.25) is 0 Å². The van der Waals surface area contributed by atoms with Crippen LogP contribution >= 0.6 is 0 Å². The van der Waals surface area contributed by atoms with Crippen molar-refractivity contribution in [2.24, 2.45) is 5.92 Å². The van der Waals surface area contributed by atoms with Crippen LogP contribution in [0.4, 0.5) is 0 Å². The van der Waals surface area contributed by atoms with Gasteiger partial charge in [-0.1, -0.05) is 50.2 Å². The molecule has 230 valence electrons. The van der Waals surface area contributed by atoms with E-state index in [1.165, 1.54) is 27.1 Å². The van der Waals surface area contributed by atoms with E-state index < -0.39 is 73.1 Å². The molecule has 0 aliphatic carbocycles. The molecule has 2 aromatic rings. The molecular weight excluding hydrogens is 557 g/mol. The van der Waals surface area contributed by atoms with Crippen LogP contribution < -0.4 is 5.32 Å². The van der Waals surface area contributed by atoms with Crippen LogP contribution in [0, 0.1) is 5.92 Å². The lowest BCUT2D eigenvalue weighted by molar-refractivity contribution is -0.169. The Balaban J connectivity index is 1.84. The summed E-state index contributed by atoms with van der Waals surface area (Å²) in [6, 6.07) is 12.8. The number of rotatable bonds is 13. The third-order valence-electron chi connectivity index (χ3n) is 7.04. The summed E-state index contributed by atoms with van der Waals surface area (Å²) < 4.78 is 11.4. The Morgan fingerprint density at radius 3 is 2.33 bits per heavy atom. The third kappa shape index (κ3) is 8.71. The molecule has 3 N–H and O–H groups in total. The number of nitrogens with zero attached hydrogens (tertiary/aromatic N) is 2. The second kappa shape index (κ2) is 14.4. The average molecular weight is 595 g/mol. The molecule has 3 rings (SSSR count). The lowest BCUT2D eigenvalue weighted by Crippen LogP contribution is -2.59. The Kier molecular flexibility index (Phi) is 11.2. The number of benzene rings is 1. The Labute approximate surface area is 250 Å². The van der Waals surface area contributed by atoms with Crippen molar-refractivity contribution in [2.75, 3.05) is 14.1 Å². The monoisotopic (exact) mass is 595 g/mol. The van der Waals surface area contributed by atoms with E-state index in [9.17, 15) is 34.2 Å². The van der Waals surface area contributed by atoms with Crippen LogP contribution in [0.15, 0.2) is 48.5 Å². The van der Waals surface area contributed by atoms with Gasteiger partial charge in [-0.25, -0.2) is 4.98 Å². The summed E-state index contributed by atoms with van der Waals surface area (Å²) in [4.78, 5) is 69.7. The lowest BCUT2D eigenvalue weighted by atomic mass is 9.63. The fourth-order valence-electron chi connectivity index (χ4n) is 5.14. The van der Waals surface area contributed by atoms with Crippen molar-refractivity contribution in [1.29, 1.82) is 0 Å². The number of hydrogen-bond donors (Lipinski definition) is 3. The summed E-state index contributed by atoms with van der Waals surface area (Å²) in [5, 5.41) is 22.6. The molecule has 1 aliphatic heterocycles. The van der Waals surface area contributed by atoms with E-state index in [1.807, 2.05) is 44.2 Å². The number of hydrogen-bond acceptors (Lipinski definition) is 9. The van der Waals surface area contributed by atoms with Crippen LogP contribution in [0.25, 0.3) is 11.3 Å². The SMILES string of the molecule is CC(C)C[C@H](CC(=O)[C@@H](NC(=O)c1cccc(-c2ccccc2)n1)[C@@H](C)O)B1OC(=O)C[C@@](CC(=O)O)(C(=O)N(C)C)O1. The molecule has 0 unspecified atom stereocenters. The molecule has 1 saturated heterocycles. The van der Waals surface area contributed by atoms with E-state index in [-0.39, 0.29) is 18.0 Å². The predicted molar refractivity (Wildman–Crippen MR) is 157 cm³/mol. The number of carboxylic acids is 1. The number of aliphatic hydroxyl groups is 1. The van der Waals surface area contributed by atoms with Crippen molar-refractivity contribution in [3.05, 3.63) is 54.2 Å². The molecule has 13 heteroatoms. The van der Waals surface area contributed by atoms with E-state index in [1.54, 1.807) is 12.1 Å². The Morgan fingerprint density at radius 2 is 1.74 bits per heavy atom. The van der Waals surface area contributed by atoms with Gasteiger partial charge in [0.15, 0.2) is 11.4 Å². The first-order valence-corrected chi connectivity index (χ1v) is 14.1. The molecule has 12 nitrogen and oxygen atoms in total. The average Bonchev–Trinajstić information content (AvgIpc) is 2.94. The third-order valence-corrected chi connectivity index (χ3v) is 7.04. The topological polar surface area (TPSA) is 172 Å². The number of carboxylic acid groups (broad SMARTS) is 1. The van der Waals surface area contributed by atoms with E-state index in [2.05, 4.69) is 10.3 Å². The maximum atomic E-state index is 13.6. The van der Waals surface area contributed by atoms with Gasteiger partial charge < -0.3 is 29.7 Å². The van der Waals surface area contributed by atoms with Gasteiger partial charge in [0.1, 0.15) is 11.7 Å². The maximum absolute atomic E-state index is 13.6. The molecule has 4 atom stereocenters. The van der Waals surface area contributed by atoms with Crippen molar-refractivity contribution < 1.29 is 43.5 Å². The fourth-order valence-corrected chi connectivity index (χ4v) is 5.14. The van der Waals surface area contributed by atoms with Crippen molar-refractivity contribution >= 4 is 36.7 Å². The van der Waals surface area contributed by atoms with E-state index >= 15 is 0 Å².